The Bertz CT molecular complexity index is 1350. The summed E-state index contributed by atoms with van der Waals surface area (Å²) in [6.07, 6.45) is 0.450. The quantitative estimate of drug-likeness (QED) is 0.396. The summed E-state index contributed by atoms with van der Waals surface area (Å²) in [4.78, 5) is 29.6. The molecule has 0 spiro atoms. The zero-order valence-corrected chi connectivity index (χ0v) is 18.6. The van der Waals surface area contributed by atoms with Gasteiger partial charge in [0.1, 0.15) is 5.69 Å². The predicted octanol–water partition coefficient (Wildman–Crippen LogP) is 5.29. The minimum absolute atomic E-state index is 0.291. The van der Waals surface area contributed by atoms with E-state index in [1.165, 1.54) is 12.1 Å². The van der Waals surface area contributed by atoms with Crippen molar-refractivity contribution in [2.45, 2.75) is 12.7 Å². The highest BCUT2D eigenvalue weighted by atomic mass is 19.4. The number of aromatic nitrogens is 2. The Balaban J connectivity index is 1.49. The lowest BCUT2D eigenvalue weighted by Gasteiger charge is -2.11. The lowest BCUT2D eigenvalue weighted by molar-refractivity contribution is -0.137. The molecule has 2 amide bonds. The van der Waals surface area contributed by atoms with Gasteiger partial charge in [0, 0.05) is 37.7 Å². The minimum atomic E-state index is -4.44. The van der Waals surface area contributed by atoms with Crippen molar-refractivity contribution in [2.75, 3.05) is 5.32 Å². The van der Waals surface area contributed by atoms with Crippen molar-refractivity contribution in [3.63, 3.8) is 0 Å². The molecule has 0 saturated carbocycles. The van der Waals surface area contributed by atoms with E-state index in [0.717, 1.165) is 17.7 Å². The second kappa shape index (κ2) is 9.84. The SMILES string of the molecule is Cn1cc(NC(=O)c2ccccc2-c2ccc(C(F)(F)F)cc2)cc1C(=O)NCc1ccncc1. The monoisotopic (exact) mass is 478 g/mol. The second-order valence-corrected chi connectivity index (χ2v) is 7.84. The maximum absolute atomic E-state index is 13.0. The second-order valence-electron chi connectivity index (χ2n) is 7.84. The Morgan fingerprint density at radius 2 is 1.63 bits per heavy atom. The number of hydrogen-bond donors (Lipinski definition) is 2. The fourth-order valence-electron chi connectivity index (χ4n) is 3.60. The van der Waals surface area contributed by atoms with Crippen LogP contribution >= 0.6 is 0 Å². The third-order valence-electron chi connectivity index (χ3n) is 5.39. The lowest BCUT2D eigenvalue weighted by Crippen LogP contribution is -2.24. The third kappa shape index (κ3) is 5.57. The summed E-state index contributed by atoms with van der Waals surface area (Å²) in [5.41, 5.74) is 2.16. The number of aryl methyl sites for hydroxylation is 1. The van der Waals surface area contributed by atoms with Crippen LogP contribution in [0.4, 0.5) is 18.9 Å². The first kappa shape index (κ1) is 23.7. The van der Waals surface area contributed by atoms with Gasteiger partial charge in [-0.2, -0.15) is 13.2 Å². The number of carbonyl (C=O) groups excluding carboxylic acids is 2. The lowest BCUT2D eigenvalue weighted by atomic mass is 9.98. The Morgan fingerprint density at radius 3 is 2.31 bits per heavy atom. The number of nitrogens with one attached hydrogen (secondary N) is 2. The molecule has 6 nitrogen and oxygen atoms in total. The molecule has 0 bridgehead atoms. The zero-order valence-electron chi connectivity index (χ0n) is 18.6. The Labute approximate surface area is 199 Å². The minimum Gasteiger partial charge on any atom is -0.347 e. The summed E-state index contributed by atoms with van der Waals surface area (Å²) in [6, 6.07) is 16.4. The molecule has 0 aliphatic rings. The molecule has 0 aliphatic carbocycles. The molecule has 0 saturated heterocycles. The number of rotatable bonds is 6. The summed E-state index contributed by atoms with van der Waals surface area (Å²) in [7, 11) is 1.69. The van der Waals surface area contributed by atoms with E-state index in [4.69, 9.17) is 0 Å². The van der Waals surface area contributed by atoms with Crippen LogP contribution in [0.1, 0.15) is 32.0 Å². The normalized spacial score (nSPS) is 11.2. The largest absolute Gasteiger partial charge is 0.416 e. The number of anilines is 1. The highest BCUT2D eigenvalue weighted by molar-refractivity contribution is 6.09. The fraction of sp³-hybridized carbons (Fsp3) is 0.115. The summed E-state index contributed by atoms with van der Waals surface area (Å²) >= 11 is 0. The molecule has 0 radical (unpaired) electrons. The first-order chi connectivity index (χ1) is 16.7. The van der Waals surface area contributed by atoms with Crippen LogP contribution in [0.3, 0.4) is 0 Å². The van der Waals surface area contributed by atoms with Gasteiger partial charge in [-0.15, -0.1) is 0 Å². The topological polar surface area (TPSA) is 76.0 Å². The molecule has 178 valence electrons. The number of amides is 2. The van der Waals surface area contributed by atoms with Gasteiger partial charge in [-0.05, 0) is 53.1 Å². The molecule has 4 rings (SSSR count). The van der Waals surface area contributed by atoms with Gasteiger partial charge < -0.3 is 15.2 Å². The molecule has 9 heteroatoms. The van der Waals surface area contributed by atoms with Crippen molar-refractivity contribution in [3.8, 4) is 11.1 Å². The van der Waals surface area contributed by atoms with Crippen molar-refractivity contribution in [1.29, 1.82) is 0 Å². The van der Waals surface area contributed by atoms with Crippen LogP contribution in [0.2, 0.25) is 0 Å². The van der Waals surface area contributed by atoms with Crippen molar-refractivity contribution >= 4 is 17.5 Å². The molecule has 2 aromatic heterocycles. The molecule has 0 aliphatic heterocycles. The molecular formula is C26H21F3N4O2. The molecule has 2 heterocycles. The smallest absolute Gasteiger partial charge is 0.347 e. The number of benzene rings is 2. The molecule has 0 atom stereocenters. The Morgan fingerprint density at radius 1 is 0.943 bits per heavy atom. The third-order valence-corrected chi connectivity index (χ3v) is 5.39. The van der Waals surface area contributed by atoms with Crippen LogP contribution in [-0.2, 0) is 19.8 Å². The number of hydrogen-bond acceptors (Lipinski definition) is 3. The maximum atomic E-state index is 13.0. The predicted molar refractivity (Wildman–Crippen MR) is 126 cm³/mol. The van der Waals surface area contributed by atoms with E-state index in [1.807, 2.05) is 0 Å². The van der Waals surface area contributed by atoms with Crippen molar-refractivity contribution < 1.29 is 22.8 Å². The van der Waals surface area contributed by atoms with Gasteiger partial charge >= 0.3 is 6.18 Å². The number of pyridine rings is 1. The van der Waals surface area contributed by atoms with Crippen molar-refractivity contribution in [3.05, 3.63) is 108 Å². The Kier molecular flexibility index (Phi) is 6.68. The van der Waals surface area contributed by atoms with Crippen LogP contribution < -0.4 is 10.6 Å². The van der Waals surface area contributed by atoms with E-state index in [2.05, 4.69) is 15.6 Å². The summed E-state index contributed by atoms with van der Waals surface area (Å²) < 4.78 is 40.3. The zero-order chi connectivity index (χ0) is 25.0. The molecule has 0 fully saturated rings. The maximum Gasteiger partial charge on any atom is 0.416 e. The summed E-state index contributed by atoms with van der Waals surface area (Å²) in [6.45, 7) is 0.328. The number of alkyl halides is 3. The Hall–Kier alpha value is -4.40. The highest BCUT2D eigenvalue weighted by Crippen LogP contribution is 2.32. The van der Waals surface area contributed by atoms with E-state index >= 15 is 0 Å². The van der Waals surface area contributed by atoms with Gasteiger partial charge in [0.2, 0.25) is 0 Å². The van der Waals surface area contributed by atoms with Gasteiger partial charge in [0.15, 0.2) is 0 Å². The first-order valence-electron chi connectivity index (χ1n) is 10.6. The van der Waals surface area contributed by atoms with Gasteiger partial charge in [0.25, 0.3) is 11.8 Å². The fourth-order valence-corrected chi connectivity index (χ4v) is 3.60. The van der Waals surface area contributed by atoms with Gasteiger partial charge in [-0.1, -0.05) is 30.3 Å². The van der Waals surface area contributed by atoms with E-state index in [1.54, 1.807) is 72.7 Å². The molecule has 35 heavy (non-hydrogen) atoms. The van der Waals surface area contributed by atoms with Crippen LogP contribution in [0.25, 0.3) is 11.1 Å². The van der Waals surface area contributed by atoms with E-state index in [9.17, 15) is 22.8 Å². The van der Waals surface area contributed by atoms with E-state index in [-0.39, 0.29) is 5.91 Å². The molecule has 2 N–H and O–H groups in total. The number of carbonyl (C=O) groups is 2. The highest BCUT2D eigenvalue weighted by Gasteiger charge is 2.30. The van der Waals surface area contributed by atoms with E-state index < -0.39 is 17.6 Å². The summed E-state index contributed by atoms with van der Waals surface area (Å²) in [5.74, 6) is -0.759. The average molecular weight is 478 g/mol. The number of nitrogens with zero attached hydrogens (tertiary/aromatic N) is 2. The van der Waals surface area contributed by atoms with Crippen LogP contribution in [-0.4, -0.2) is 21.4 Å². The van der Waals surface area contributed by atoms with Gasteiger partial charge in [-0.3, -0.25) is 14.6 Å². The molecule has 4 aromatic rings. The van der Waals surface area contributed by atoms with Gasteiger partial charge in [0.05, 0.1) is 11.3 Å². The molecule has 2 aromatic carbocycles. The van der Waals surface area contributed by atoms with E-state index in [0.29, 0.717) is 34.6 Å². The van der Waals surface area contributed by atoms with Crippen LogP contribution in [0, 0.1) is 0 Å². The van der Waals surface area contributed by atoms with Crippen molar-refractivity contribution in [1.82, 2.24) is 14.9 Å². The van der Waals surface area contributed by atoms with Crippen LogP contribution in [0.5, 0.6) is 0 Å². The number of halogens is 3. The molecule has 0 unspecified atom stereocenters. The standard InChI is InChI=1S/C26H21F3N4O2/c1-33-16-20(14-23(33)25(35)31-15-17-10-12-30-13-11-17)32-24(34)22-5-3-2-4-21(22)18-6-8-19(9-7-18)26(27,28)29/h2-14,16H,15H2,1H3,(H,31,35)(H,32,34). The van der Waals surface area contributed by atoms with Crippen LogP contribution in [0.15, 0.2) is 85.3 Å². The first-order valence-corrected chi connectivity index (χ1v) is 10.6. The average Bonchev–Trinajstić information content (AvgIpc) is 3.22. The van der Waals surface area contributed by atoms with Crippen molar-refractivity contribution in [2.24, 2.45) is 7.05 Å². The summed E-state index contributed by atoms with van der Waals surface area (Å²) in [5, 5.41) is 5.59. The molecular weight excluding hydrogens is 457 g/mol. The van der Waals surface area contributed by atoms with Gasteiger partial charge in [-0.25, -0.2) is 0 Å².